The number of rotatable bonds is 3. The normalized spacial score (nSPS) is 12.7. The third-order valence-electron chi connectivity index (χ3n) is 3.38. The Morgan fingerprint density at radius 2 is 1.84 bits per heavy atom. The van der Waals surface area contributed by atoms with E-state index in [-0.39, 0.29) is 12.0 Å². The van der Waals surface area contributed by atoms with E-state index < -0.39 is 17.7 Å². The summed E-state index contributed by atoms with van der Waals surface area (Å²) in [5.41, 5.74) is 1.83. The van der Waals surface area contributed by atoms with Crippen molar-refractivity contribution in [2.24, 2.45) is 0 Å². The van der Waals surface area contributed by atoms with Gasteiger partial charge >= 0.3 is 0 Å². The van der Waals surface area contributed by atoms with E-state index in [0.29, 0.717) is 11.3 Å². The third-order valence-corrected chi connectivity index (χ3v) is 3.38. The maximum atomic E-state index is 13.6. The fourth-order valence-corrected chi connectivity index (χ4v) is 2.30. The van der Waals surface area contributed by atoms with Gasteiger partial charge in [0.2, 0.25) is 0 Å². The fourth-order valence-electron chi connectivity index (χ4n) is 2.30. The molecule has 1 N–H and O–H groups in total. The van der Waals surface area contributed by atoms with Crippen LogP contribution in [0.2, 0.25) is 0 Å². The number of hydrogen-bond acceptors (Lipinski definition) is 2. The molecule has 0 bridgehead atoms. The first-order chi connectivity index (χ1) is 8.90. The Labute approximate surface area is 110 Å². The van der Waals surface area contributed by atoms with E-state index in [4.69, 9.17) is 4.42 Å². The van der Waals surface area contributed by atoms with Crippen LogP contribution >= 0.6 is 0 Å². The number of aryl methyl sites for hydroxylation is 2. The Morgan fingerprint density at radius 3 is 2.37 bits per heavy atom. The lowest BCUT2D eigenvalue weighted by atomic mass is 9.98. The number of aliphatic hydroxyl groups excluding tert-OH is 1. The van der Waals surface area contributed by atoms with Crippen molar-refractivity contribution in [1.29, 1.82) is 0 Å². The summed E-state index contributed by atoms with van der Waals surface area (Å²) in [4.78, 5) is 0. The molecule has 1 heterocycles. The van der Waals surface area contributed by atoms with E-state index in [9.17, 15) is 13.9 Å². The summed E-state index contributed by atoms with van der Waals surface area (Å²) in [5, 5.41) is 10.2. The highest BCUT2D eigenvalue weighted by molar-refractivity contribution is 5.34. The van der Waals surface area contributed by atoms with Crippen LogP contribution in [0.5, 0.6) is 0 Å². The van der Waals surface area contributed by atoms with Crippen molar-refractivity contribution in [3.63, 3.8) is 0 Å². The van der Waals surface area contributed by atoms with Crippen LogP contribution in [0.1, 0.15) is 34.3 Å². The predicted octanol–water partition coefficient (Wildman–Crippen LogP) is 3.76. The molecule has 0 aliphatic heterocycles. The van der Waals surface area contributed by atoms with Crippen molar-refractivity contribution in [2.45, 2.75) is 33.3 Å². The van der Waals surface area contributed by atoms with Crippen LogP contribution in [0.4, 0.5) is 8.78 Å². The van der Waals surface area contributed by atoms with Gasteiger partial charge in [0.15, 0.2) is 0 Å². The van der Waals surface area contributed by atoms with Gasteiger partial charge in [0.1, 0.15) is 23.2 Å². The summed E-state index contributed by atoms with van der Waals surface area (Å²) < 4.78 is 31.8. The zero-order chi connectivity index (χ0) is 14.2. The van der Waals surface area contributed by atoms with E-state index in [1.54, 1.807) is 6.92 Å². The minimum Gasteiger partial charge on any atom is -0.466 e. The molecule has 2 rings (SSSR count). The van der Waals surface area contributed by atoms with Crippen LogP contribution in [-0.4, -0.2) is 5.11 Å². The molecule has 19 heavy (non-hydrogen) atoms. The van der Waals surface area contributed by atoms with Gasteiger partial charge in [-0.2, -0.15) is 0 Å². The summed E-state index contributed by atoms with van der Waals surface area (Å²) in [6.45, 7) is 5.43. The molecule has 4 heteroatoms. The highest BCUT2D eigenvalue weighted by Gasteiger charge is 2.20. The molecule has 0 fully saturated rings. The number of furan rings is 1. The number of aliphatic hydroxyl groups is 1. The smallest absolute Gasteiger partial charge is 0.129 e. The molecule has 1 aromatic carbocycles. The number of hydrogen-bond donors (Lipinski definition) is 1. The lowest BCUT2D eigenvalue weighted by molar-refractivity contribution is 0.174. The molecule has 0 saturated carbocycles. The van der Waals surface area contributed by atoms with Crippen LogP contribution in [0.25, 0.3) is 0 Å². The van der Waals surface area contributed by atoms with E-state index >= 15 is 0 Å². The average molecular weight is 266 g/mol. The maximum Gasteiger partial charge on any atom is 0.129 e. The first-order valence-corrected chi connectivity index (χ1v) is 6.08. The molecule has 102 valence electrons. The van der Waals surface area contributed by atoms with Gasteiger partial charge in [0.25, 0.3) is 0 Å². The van der Waals surface area contributed by atoms with E-state index in [1.807, 2.05) is 13.8 Å². The van der Waals surface area contributed by atoms with Crippen LogP contribution in [0, 0.1) is 32.4 Å². The van der Waals surface area contributed by atoms with Crippen LogP contribution in [-0.2, 0) is 6.42 Å². The van der Waals surface area contributed by atoms with Crippen LogP contribution in [0.3, 0.4) is 0 Å². The lowest BCUT2D eigenvalue weighted by Crippen LogP contribution is -2.05. The zero-order valence-electron chi connectivity index (χ0n) is 11.1. The summed E-state index contributed by atoms with van der Waals surface area (Å²) in [5.74, 6) is 0.105. The van der Waals surface area contributed by atoms with Crippen LogP contribution < -0.4 is 0 Å². The maximum absolute atomic E-state index is 13.6. The largest absolute Gasteiger partial charge is 0.466 e. The van der Waals surface area contributed by atoms with Crippen molar-refractivity contribution >= 4 is 0 Å². The van der Waals surface area contributed by atoms with Crippen molar-refractivity contribution in [1.82, 2.24) is 0 Å². The van der Waals surface area contributed by atoms with Gasteiger partial charge < -0.3 is 9.52 Å². The second kappa shape index (κ2) is 5.13. The number of benzene rings is 1. The minimum atomic E-state index is -0.864. The Hall–Kier alpha value is -1.68. The van der Waals surface area contributed by atoms with Gasteiger partial charge in [-0.3, -0.25) is 0 Å². The molecule has 0 saturated heterocycles. The topological polar surface area (TPSA) is 33.4 Å². The molecule has 0 radical (unpaired) electrons. The Bertz CT molecular complexity index is 602. The molecule has 1 aromatic heterocycles. The average Bonchev–Trinajstić information content (AvgIpc) is 2.57. The van der Waals surface area contributed by atoms with Crippen molar-refractivity contribution in [2.75, 3.05) is 0 Å². The fraction of sp³-hybridized carbons (Fsp3) is 0.333. The summed E-state index contributed by atoms with van der Waals surface area (Å²) in [6.07, 6.45) is -0.773. The molecule has 1 atom stereocenters. The Kier molecular flexibility index (Phi) is 3.71. The van der Waals surface area contributed by atoms with E-state index in [1.165, 1.54) is 12.1 Å². The molecule has 0 spiro atoms. The minimum absolute atomic E-state index is 0.0900. The molecular weight excluding hydrogens is 250 g/mol. The highest BCUT2D eigenvalue weighted by atomic mass is 19.1. The molecule has 0 amide bonds. The first kappa shape index (κ1) is 13.7. The van der Waals surface area contributed by atoms with Gasteiger partial charge in [-0.25, -0.2) is 8.78 Å². The predicted molar refractivity (Wildman–Crippen MR) is 67.9 cm³/mol. The first-order valence-electron chi connectivity index (χ1n) is 6.08. The summed E-state index contributed by atoms with van der Waals surface area (Å²) >= 11 is 0. The molecule has 2 aromatic rings. The SMILES string of the molecule is Cc1oc(C)c(C(O)Cc2ccc(F)cc2F)c1C. The number of halogens is 2. The molecule has 1 unspecified atom stereocenters. The van der Waals surface area contributed by atoms with Gasteiger partial charge in [0.05, 0.1) is 6.10 Å². The molecule has 0 aliphatic rings. The van der Waals surface area contributed by atoms with Gasteiger partial charge in [0, 0.05) is 18.1 Å². The van der Waals surface area contributed by atoms with Crippen molar-refractivity contribution in [3.05, 3.63) is 58.0 Å². The lowest BCUT2D eigenvalue weighted by Gasteiger charge is -2.12. The molecular formula is C15H16F2O2. The second-order valence-corrected chi connectivity index (χ2v) is 4.71. The zero-order valence-corrected chi connectivity index (χ0v) is 11.1. The second-order valence-electron chi connectivity index (χ2n) is 4.71. The third kappa shape index (κ3) is 2.68. The van der Waals surface area contributed by atoms with Gasteiger partial charge in [-0.15, -0.1) is 0 Å². The summed E-state index contributed by atoms with van der Waals surface area (Å²) in [7, 11) is 0. The van der Waals surface area contributed by atoms with Crippen molar-refractivity contribution in [3.8, 4) is 0 Å². The monoisotopic (exact) mass is 266 g/mol. The Morgan fingerprint density at radius 1 is 1.16 bits per heavy atom. The molecule has 0 aliphatic carbocycles. The highest BCUT2D eigenvalue weighted by Crippen LogP contribution is 2.29. The van der Waals surface area contributed by atoms with Crippen molar-refractivity contribution < 1.29 is 18.3 Å². The quantitative estimate of drug-likeness (QED) is 0.917. The Balaban J connectivity index is 2.28. The van der Waals surface area contributed by atoms with Crippen LogP contribution in [0.15, 0.2) is 22.6 Å². The van der Waals surface area contributed by atoms with E-state index in [0.717, 1.165) is 17.4 Å². The van der Waals surface area contributed by atoms with Gasteiger partial charge in [-0.1, -0.05) is 6.07 Å². The summed E-state index contributed by atoms with van der Waals surface area (Å²) in [6, 6.07) is 3.36. The van der Waals surface area contributed by atoms with Gasteiger partial charge in [-0.05, 0) is 38.0 Å². The van der Waals surface area contributed by atoms with E-state index in [2.05, 4.69) is 0 Å². The standard InChI is InChI=1S/C15H16F2O2/c1-8-9(2)19-10(3)15(8)14(18)6-11-4-5-12(16)7-13(11)17/h4-5,7,14,18H,6H2,1-3H3. The molecule has 2 nitrogen and oxygen atoms in total.